The molecule has 0 amide bonds. The molecule has 0 aliphatic rings. The van der Waals surface area contributed by atoms with E-state index in [-0.39, 0.29) is 31.1 Å². The second-order valence-corrected chi connectivity index (χ2v) is 15.0. The van der Waals surface area contributed by atoms with E-state index in [2.05, 4.69) is 20.8 Å². The van der Waals surface area contributed by atoms with E-state index in [0.717, 1.165) is 57.8 Å². The molecule has 0 aliphatic heterocycles. The molecule has 0 heterocycles. The van der Waals surface area contributed by atoms with Gasteiger partial charge in [-0.05, 0) is 19.3 Å². The summed E-state index contributed by atoms with van der Waals surface area (Å²) in [6, 6.07) is 0. The van der Waals surface area contributed by atoms with Gasteiger partial charge in [-0.2, -0.15) is 0 Å². The molecule has 0 spiro atoms. The largest absolute Gasteiger partial charge is 0.462 e. The van der Waals surface area contributed by atoms with Crippen LogP contribution in [-0.2, 0) is 28.6 Å². The first-order chi connectivity index (χ1) is 24.5. The van der Waals surface area contributed by atoms with Crippen LogP contribution in [0, 0.1) is 0 Å². The van der Waals surface area contributed by atoms with E-state index in [1.54, 1.807) is 0 Å². The monoisotopic (exact) mass is 709 g/mol. The Kier molecular flexibility index (Phi) is 38.9. The Labute approximate surface area is 310 Å². The maximum absolute atomic E-state index is 12.5. The van der Waals surface area contributed by atoms with Crippen molar-refractivity contribution in [3.63, 3.8) is 0 Å². The molecule has 0 aromatic heterocycles. The van der Waals surface area contributed by atoms with Crippen molar-refractivity contribution in [3.05, 3.63) is 0 Å². The number of ether oxygens (including phenoxy) is 3. The van der Waals surface area contributed by atoms with Crippen LogP contribution >= 0.6 is 0 Å². The Morgan fingerprint density at radius 1 is 0.320 bits per heavy atom. The highest BCUT2D eigenvalue weighted by molar-refractivity contribution is 5.71. The lowest BCUT2D eigenvalue weighted by Gasteiger charge is -2.18. The normalized spacial score (nSPS) is 11.8. The quantitative estimate of drug-likeness (QED) is 0.0358. The highest BCUT2D eigenvalue weighted by atomic mass is 16.6. The Morgan fingerprint density at radius 3 is 0.800 bits per heavy atom. The molecule has 0 saturated heterocycles. The van der Waals surface area contributed by atoms with Crippen molar-refractivity contribution in [2.75, 3.05) is 13.2 Å². The number of carbonyl (C=O) groups excluding carboxylic acids is 3. The first-order valence-corrected chi connectivity index (χ1v) is 22.0. The third kappa shape index (κ3) is 37.7. The third-order valence-corrected chi connectivity index (χ3v) is 9.86. The van der Waals surface area contributed by atoms with E-state index < -0.39 is 6.10 Å². The molecule has 0 N–H and O–H groups in total. The van der Waals surface area contributed by atoms with E-state index in [4.69, 9.17) is 14.2 Å². The smallest absolute Gasteiger partial charge is 0.306 e. The first-order valence-electron chi connectivity index (χ1n) is 22.0. The number of hydrogen-bond donors (Lipinski definition) is 0. The summed E-state index contributed by atoms with van der Waals surface area (Å²) < 4.78 is 16.6. The minimum absolute atomic E-state index is 0.0641. The molecule has 1 unspecified atom stereocenters. The van der Waals surface area contributed by atoms with Gasteiger partial charge >= 0.3 is 17.9 Å². The van der Waals surface area contributed by atoms with Crippen molar-refractivity contribution < 1.29 is 28.6 Å². The summed E-state index contributed by atoms with van der Waals surface area (Å²) in [6.07, 6.45) is 39.7. The van der Waals surface area contributed by atoms with Crippen LogP contribution in [0.4, 0.5) is 0 Å². The number of unbranched alkanes of at least 4 members (excludes halogenated alkanes) is 29. The molecule has 296 valence electrons. The van der Waals surface area contributed by atoms with Gasteiger partial charge in [-0.15, -0.1) is 0 Å². The summed E-state index contributed by atoms with van der Waals surface area (Å²) in [5, 5.41) is 0. The van der Waals surface area contributed by atoms with Crippen LogP contribution in [0.1, 0.15) is 245 Å². The fraction of sp³-hybridized carbons (Fsp3) is 0.932. The zero-order chi connectivity index (χ0) is 36.6. The molecule has 0 fully saturated rings. The second kappa shape index (κ2) is 40.2. The number of esters is 3. The van der Waals surface area contributed by atoms with Gasteiger partial charge in [0, 0.05) is 19.3 Å². The maximum atomic E-state index is 12.5. The molecule has 0 rings (SSSR count). The van der Waals surface area contributed by atoms with Crippen LogP contribution in [0.5, 0.6) is 0 Å². The van der Waals surface area contributed by atoms with E-state index >= 15 is 0 Å². The van der Waals surface area contributed by atoms with Crippen LogP contribution in [0.3, 0.4) is 0 Å². The molecule has 6 heteroatoms. The lowest BCUT2D eigenvalue weighted by molar-refractivity contribution is -0.167. The first kappa shape index (κ1) is 48.4. The van der Waals surface area contributed by atoms with E-state index in [0.29, 0.717) is 19.3 Å². The van der Waals surface area contributed by atoms with Crippen LogP contribution < -0.4 is 0 Å². The summed E-state index contributed by atoms with van der Waals surface area (Å²) in [5.74, 6) is -0.868. The third-order valence-electron chi connectivity index (χ3n) is 9.86. The maximum Gasteiger partial charge on any atom is 0.306 e. The molecule has 0 aromatic rings. The van der Waals surface area contributed by atoms with Crippen molar-refractivity contribution in [1.29, 1.82) is 0 Å². The summed E-state index contributed by atoms with van der Waals surface area (Å²) in [4.78, 5) is 37.4. The molecule has 0 aliphatic carbocycles. The SMILES string of the molecule is CCCCCCCCCCCCCCCCCCCCC(=O)OCC(COC(=O)CCCCCCCCC)OC(=O)CCCCCCCCC. The van der Waals surface area contributed by atoms with Gasteiger partial charge in [-0.25, -0.2) is 0 Å². The van der Waals surface area contributed by atoms with Crippen LogP contribution in [0.2, 0.25) is 0 Å². The molecule has 6 nitrogen and oxygen atoms in total. The Balaban J connectivity index is 4.11. The number of rotatable bonds is 40. The average molecular weight is 709 g/mol. The lowest BCUT2D eigenvalue weighted by Crippen LogP contribution is -2.30. The zero-order valence-corrected chi connectivity index (χ0v) is 33.7. The Bertz CT molecular complexity index is 738. The lowest BCUT2D eigenvalue weighted by atomic mass is 10.0. The summed E-state index contributed by atoms with van der Waals surface area (Å²) in [7, 11) is 0. The second-order valence-electron chi connectivity index (χ2n) is 15.0. The predicted octanol–water partition coefficient (Wildman–Crippen LogP) is 13.7. The molecule has 0 radical (unpaired) electrons. The van der Waals surface area contributed by atoms with Crippen molar-refractivity contribution in [3.8, 4) is 0 Å². The van der Waals surface area contributed by atoms with Crippen LogP contribution in [0.15, 0.2) is 0 Å². The zero-order valence-electron chi connectivity index (χ0n) is 33.7. The molecule has 50 heavy (non-hydrogen) atoms. The average Bonchev–Trinajstić information content (AvgIpc) is 3.11. The summed E-state index contributed by atoms with van der Waals surface area (Å²) in [5.41, 5.74) is 0. The van der Waals surface area contributed by atoms with Gasteiger partial charge in [0.05, 0.1) is 0 Å². The number of hydrogen-bond acceptors (Lipinski definition) is 6. The standard InChI is InChI=1S/C44H84O6/c1-4-7-10-13-16-17-18-19-20-21-22-23-24-25-26-29-31-34-37-43(46)49-40-41(50-44(47)38-35-32-28-15-12-9-6-3)39-48-42(45)36-33-30-27-14-11-8-5-2/h41H,4-40H2,1-3H3. The van der Waals surface area contributed by atoms with Gasteiger partial charge < -0.3 is 14.2 Å². The minimum atomic E-state index is -0.755. The highest BCUT2D eigenvalue weighted by Crippen LogP contribution is 2.16. The van der Waals surface area contributed by atoms with E-state index in [1.165, 1.54) is 148 Å². The molecular weight excluding hydrogens is 624 g/mol. The fourth-order valence-corrected chi connectivity index (χ4v) is 6.50. The summed E-state index contributed by atoms with van der Waals surface area (Å²) >= 11 is 0. The Morgan fingerprint density at radius 2 is 0.540 bits per heavy atom. The molecule has 0 bridgehead atoms. The van der Waals surface area contributed by atoms with Gasteiger partial charge in [0.2, 0.25) is 0 Å². The van der Waals surface area contributed by atoms with Gasteiger partial charge in [0.25, 0.3) is 0 Å². The van der Waals surface area contributed by atoms with E-state index in [9.17, 15) is 14.4 Å². The fourth-order valence-electron chi connectivity index (χ4n) is 6.50. The predicted molar refractivity (Wildman–Crippen MR) is 210 cm³/mol. The van der Waals surface area contributed by atoms with Crippen molar-refractivity contribution in [2.24, 2.45) is 0 Å². The minimum Gasteiger partial charge on any atom is -0.462 e. The van der Waals surface area contributed by atoms with Gasteiger partial charge in [-0.1, -0.05) is 207 Å². The van der Waals surface area contributed by atoms with Crippen molar-refractivity contribution in [2.45, 2.75) is 252 Å². The van der Waals surface area contributed by atoms with Crippen LogP contribution in [0.25, 0.3) is 0 Å². The molecule has 1 atom stereocenters. The topological polar surface area (TPSA) is 78.9 Å². The van der Waals surface area contributed by atoms with Crippen LogP contribution in [-0.4, -0.2) is 37.2 Å². The van der Waals surface area contributed by atoms with Gasteiger partial charge in [0.15, 0.2) is 6.10 Å². The summed E-state index contributed by atoms with van der Waals surface area (Å²) in [6.45, 7) is 6.57. The highest BCUT2D eigenvalue weighted by Gasteiger charge is 2.19. The van der Waals surface area contributed by atoms with Crippen molar-refractivity contribution in [1.82, 2.24) is 0 Å². The number of carbonyl (C=O) groups is 3. The van der Waals surface area contributed by atoms with Crippen molar-refractivity contribution >= 4 is 17.9 Å². The molecule has 0 aromatic carbocycles. The van der Waals surface area contributed by atoms with E-state index in [1.807, 2.05) is 0 Å². The van der Waals surface area contributed by atoms with Gasteiger partial charge in [0.1, 0.15) is 13.2 Å². The van der Waals surface area contributed by atoms with Gasteiger partial charge in [-0.3, -0.25) is 14.4 Å². The molecule has 0 saturated carbocycles. The Hall–Kier alpha value is -1.59. The molecular formula is C44H84O6.